The van der Waals surface area contributed by atoms with E-state index in [1.807, 2.05) is 24.3 Å². The number of anilines is 2. The average Bonchev–Trinajstić information content (AvgIpc) is 3.26. The normalized spacial score (nSPS) is 13.3. The highest BCUT2D eigenvalue weighted by Gasteiger charge is 2.28. The maximum atomic E-state index is 11.4. The molecular weight excluding hydrogens is 482 g/mol. The monoisotopic (exact) mass is 521 g/mol. The molecule has 39 heavy (non-hydrogen) atoms. The first-order valence-corrected chi connectivity index (χ1v) is 13.8. The lowest BCUT2D eigenvalue weighted by atomic mass is 9.86. The van der Waals surface area contributed by atoms with Crippen molar-refractivity contribution >= 4 is 17.4 Å². The van der Waals surface area contributed by atoms with Crippen molar-refractivity contribution < 1.29 is 4.79 Å². The van der Waals surface area contributed by atoms with Crippen LogP contribution in [0, 0.1) is 13.8 Å². The van der Waals surface area contributed by atoms with Crippen molar-refractivity contribution in [1.82, 2.24) is 9.78 Å². The summed E-state index contributed by atoms with van der Waals surface area (Å²) in [5.74, 6) is 0. The minimum absolute atomic E-state index is 0.0848. The second kappa shape index (κ2) is 10.3. The fourth-order valence-electron chi connectivity index (χ4n) is 5.62. The zero-order valence-corrected chi connectivity index (χ0v) is 23.9. The molecular formula is C33H39N5O. The van der Waals surface area contributed by atoms with Gasteiger partial charge in [0, 0.05) is 42.0 Å². The zero-order chi connectivity index (χ0) is 27.9. The predicted octanol–water partition coefficient (Wildman–Crippen LogP) is 7.07. The van der Waals surface area contributed by atoms with E-state index in [4.69, 9.17) is 10.8 Å². The van der Waals surface area contributed by atoms with Gasteiger partial charge in [-0.15, -0.1) is 0 Å². The van der Waals surface area contributed by atoms with Crippen LogP contribution in [-0.4, -0.2) is 22.4 Å². The molecule has 2 heterocycles. The number of carbonyl (C=O) groups is 1. The lowest BCUT2D eigenvalue weighted by molar-refractivity contribution is 0.259. The van der Waals surface area contributed by atoms with E-state index in [0.29, 0.717) is 5.69 Å². The predicted molar refractivity (Wildman–Crippen MR) is 161 cm³/mol. The minimum atomic E-state index is -0.568. The van der Waals surface area contributed by atoms with Crippen LogP contribution in [0.5, 0.6) is 0 Å². The van der Waals surface area contributed by atoms with Crippen LogP contribution < -0.4 is 16.0 Å². The van der Waals surface area contributed by atoms with E-state index >= 15 is 0 Å². The van der Waals surface area contributed by atoms with Gasteiger partial charge in [0.2, 0.25) is 0 Å². The van der Waals surface area contributed by atoms with Crippen molar-refractivity contribution in [2.75, 3.05) is 16.8 Å². The number of amides is 2. The molecule has 0 bridgehead atoms. The largest absolute Gasteiger partial charge is 0.366 e. The number of hydrogen-bond acceptors (Lipinski definition) is 3. The summed E-state index contributed by atoms with van der Waals surface area (Å²) in [6.07, 6.45) is 1.80. The van der Waals surface area contributed by atoms with Crippen LogP contribution in [0.4, 0.5) is 16.2 Å². The topological polar surface area (TPSA) is 76.2 Å². The van der Waals surface area contributed by atoms with Gasteiger partial charge in [-0.25, -0.2) is 9.48 Å². The second-order valence-electron chi connectivity index (χ2n) is 11.6. The third-order valence-corrected chi connectivity index (χ3v) is 7.79. The molecule has 0 radical (unpaired) electrons. The second-order valence-corrected chi connectivity index (χ2v) is 11.6. The summed E-state index contributed by atoms with van der Waals surface area (Å²) in [7, 11) is 0. The molecule has 3 aromatic carbocycles. The maximum absolute atomic E-state index is 11.4. The van der Waals surface area contributed by atoms with Gasteiger partial charge in [-0.2, -0.15) is 5.10 Å². The zero-order valence-electron chi connectivity index (χ0n) is 23.9. The highest BCUT2D eigenvalue weighted by Crippen LogP contribution is 2.38. The van der Waals surface area contributed by atoms with Crippen molar-refractivity contribution in [3.8, 4) is 16.9 Å². The number of nitrogens with two attached hydrogens (primary N) is 1. The number of hydrogen-bond donors (Lipinski definition) is 2. The first-order chi connectivity index (χ1) is 18.6. The Morgan fingerprint density at radius 3 is 2.44 bits per heavy atom. The summed E-state index contributed by atoms with van der Waals surface area (Å²) in [6, 6.07) is 20.7. The van der Waals surface area contributed by atoms with Gasteiger partial charge in [-0.05, 0) is 66.1 Å². The molecule has 0 atom stereocenters. The Morgan fingerprint density at radius 1 is 1.03 bits per heavy atom. The van der Waals surface area contributed by atoms with E-state index < -0.39 is 6.03 Å². The average molecular weight is 522 g/mol. The van der Waals surface area contributed by atoms with Crippen molar-refractivity contribution in [1.29, 1.82) is 0 Å². The van der Waals surface area contributed by atoms with Gasteiger partial charge in [0.15, 0.2) is 0 Å². The van der Waals surface area contributed by atoms with Gasteiger partial charge in [-0.1, -0.05) is 70.2 Å². The third kappa shape index (κ3) is 5.16. The molecule has 1 aliphatic rings. The van der Waals surface area contributed by atoms with Crippen LogP contribution >= 0.6 is 0 Å². The van der Waals surface area contributed by atoms with Crippen LogP contribution in [0.25, 0.3) is 16.9 Å². The molecule has 2 amide bonds. The van der Waals surface area contributed by atoms with Crippen LogP contribution in [0.1, 0.15) is 61.2 Å². The fourth-order valence-corrected chi connectivity index (χ4v) is 5.62. The number of fused-ring (bicyclic) bond motifs is 1. The number of rotatable bonds is 5. The van der Waals surface area contributed by atoms with Crippen LogP contribution in [0.2, 0.25) is 0 Å². The Bertz CT molecular complexity index is 1530. The highest BCUT2D eigenvalue weighted by molar-refractivity contribution is 5.88. The number of nitrogens with zero attached hydrogens (tertiary/aromatic N) is 3. The Labute approximate surface area is 231 Å². The first-order valence-electron chi connectivity index (χ1n) is 13.8. The molecule has 1 aromatic heterocycles. The molecule has 0 saturated carbocycles. The Morgan fingerprint density at radius 2 is 1.77 bits per heavy atom. The molecule has 0 saturated heterocycles. The van der Waals surface area contributed by atoms with Gasteiger partial charge in [-0.3, -0.25) is 0 Å². The molecule has 3 N–H and O–H groups in total. The Kier molecular flexibility index (Phi) is 6.98. The van der Waals surface area contributed by atoms with Crippen LogP contribution in [0.15, 0.2) is 60.7 Å². The lowest BCUT2D eigenvalue weighted by Gasteiger charge is -2.32. The summed E-state index contributed by atoms with van der Waals surface area (Å²) >= 11 is 0. The van der Waals surface area contributed by atoms with Crippen LogP contribution in [-0.2, 0) is 24.8 Å². The van der Waals surface area contributed by atoms with Crippen molar-refractivity contribution in [3.63, 3.8) is 0 Å². The van der Waals surface area contributed by atoms with E-state index in [9.17, 15) is 4.79 Å². The minimum Gasteiger partial charge on any atom is -0.366 e. The molecule has 1 aliphatic heterocycles. The molecule has 0 fully saturated rings. The van der Waals surface area contributed by atoms with Gasteiger partial charge in [0.1, 0.15) is 0 Å². The first kappa shape index (κ1) is 26.5. The SMILES string of the molecule is CCc1cccc(C)c1-n1nc2c(c1-c1ccc(NC(N)=O)cc1)CN(c1cc(C(C)(C)C)ccc1C)CC2. The van der Waals surface area contributed by atoms with E-state index in [-0.39, 0.29) is 5.41 Å². The number of benzene rings is 3. The molecule has 4 aromatic rings. The highest BCUT2D eigenvalue weighted by atomic mass is 16.2. The number of para-hydroxylation sites is 1. The molecule has 5 rings (SSSR count). The number of primary amides is 1. The van der Waals surface area contributed by atoms with Gasteiger partial charge >= 0.3 is 6.03 Å². The molecule has 202 valence electrons. The quantitative estimate of drug-likeness (QED) is 0.295. The maximum Gasteiger partial charge on any atom is 0.316 e. The number of nitrogens with one attached hydrogen (secondary N) is 1. The van der Waals surface area contributed by atoms with Gasteiger partial charge < -0.3 is 16.0 Å². The molecule has 0 unspecified atom stereocenters. The number of aromatic nitrogens is 2. The Balaban J connectivity index is 1.66. The van der Waals surface area contributed by atoms with E-state index in [1.165, 1.54) is 33.5 Å². The molecule has 0 aliphatic carbocycles. The fraction of sp³-hybridized carbons (Fsp3) is 0.333. The smallest absolute Gasteiger partial charge is 0.316 e. The summed E-state index contributed by atoms with van der Waals surface area (Å²) in [4.78, 5) is 13.9. The number of carbonyl (C=O) groups excluding carboxylic acids is 1. The summed E-state index contributed by atoms with van der Waals surface area (Å²) < 4.78 is 2.16. The van der Waals surface area contributed by atoms with E-state index in [2.05, 4.69) is 92.8 Å². The molecule has 6 nitrogen and oxygen atoms in total. The third-order valence-electron chi connectivity index (χ3n) is 7.79. The molecule has 0 spiro atoms. The van der Waals surface area contributed by atoms with Crippen molar-refractivity contribution in [2.45, 2.75) is 66.3 Å². The van der Waals surface area contributed by atoms with Gasteiger partial charge in [0.05, 0.1) is 17.1 Å². The van der Waals surface area contributed by atoms with E-state index in [0.717, 1.165) is 48.6 Å². The summed E-state index contributed by atoms with van der Waals surface area (Å²) in [5.41, 5.74) is 18.2. The van der Waals surface area contributed by atoms with Gasteiger partial charge in [0.25, 0.3) is 0 Å². The van der Waals surface area contributed by atoms with Crippen molar-refractivity contribution in [2.24, 2.45) is 5.73 Å². The number of urea groups is 1. The number of aryl methyl sites for hydroxylation is 3. The standard InChI is InChI=1S/C33H39N5O/c1-7-23-10-8-9-22(3)30(23)38-31(24-12-15-26(16-13-24)35-32(34)39)27-20-37(18-17-28(27)36-38)29-19-25(33(4,5)6)14-11-21(29)2/h8-16,19H,7,17-18,20H2,1-6H3,(H3,34,35,39). The van der Waals surface area contributed by atoms with Crippen molar-refractivity contribution in [3.05, 3.63) is 94.2 Å². The molecule has 6 heteroatoms. The van der Waals surface area contributed by atoms with Crippen LogP contribution in [0.3, 0.4) is 0 Å². The summed E-state index contributed by atoms with van der Waals surface area (Å²) in [5, 5.41) is 7.92. The van der Waals surface area contributed by atoms with E-state index in [1.54, 1.807) is 0 Å². The summed E-state index contributed by atoms with van der Waals surface area (Å²) in [6.45, 7) is 15.1. The Hall–Kier alpha value is -4.06. The lowest BCUT2D eigenvalue weighted by Crippen LogP contribution is -2.31.